The van der Waals surface area contributed by atoms with Gasteiger partial charge in [0.1, 0.15) is 6.61 Å². The fourth-order valence-corrected chi connectivity index (χ4v) is 4.77. The molecule has 0 spiro atoms. The second-order valence-electron chi connectivity index (χ2n) is 8.84. The van der Waals surface area contributed by atoms with Gasteiger partial charge in [-0.05, 0) is 35.2 Å². The maximum Gasteiger partial charge on any atom is 0.414 e. The second-order valence-corrected chi connectivity index (χ2v) is 8.84. The summed E-state index contributed by atoms with van der Waals surface area (Å²) in [5, 5.41) is 9.83. The van der Waals surface area contributed by atoms with Crippen molar-refractivity contribution in [1.29, 1.82) is 0 Å². The summed E-state index contributed by atoms with van der Waals surface area (Å²) in [7, 11) is 1.67. The van der Waals surface area contributed by atoms with Crippen LogP contribution >= 0.6 is 0 Å². The molecule has 7 heteroatoms. The van der Waals surface area contributed by atoms with Crippen molar-refractivity contribution < 1.29 is 24.2 Å². The summed E-state index contributed by atoms with van der Waals surface area (Å²) in [4.78, 5) is 28.1. The quantitative estimate of drug-likeness (QED) is 0.600. The van der Waals surface area contributed by atoms with Crippen molar-refractivity contribution in [3.63, 3.8) is 0 Å². The van der Waals surface area contributed by atoms with Crippen molar-refractivity contribution in [3.8, 4) is 0 Å². The molecule has 2 heterocycles. The first-order valence-electron chi connectivity index (χ1n) is 11.7. The van der Waals surface area contributed by atoms with E-state index in [0.29, 0.717) is 26.1 Å². The van der Waals surface area contributed by atoms with Crippen LogP contribution in [-0.2, 0) is 27.2 Å². The number of fused-ring (bicyclic) bond motifs is 1. The summed E-state index contributed by atoms with van der Waals surface area (Å²) in [6, 6.07) is 15.6. The number of carbonyl (C=O) groups excluding carboxylic acids is 2. The predicted octanol–water partition coefficient (Wildman–Crippen LogP) is 3.86. The average Bonchev–Trinajstić information content (AvgIpc) is 3.29. The smallest absolute Gasteiger partial charge is 0.414 e. The van der Waals surface area contributed by atoms with E-state index in [-0.39, 0.29) is 43.1 Å². The number of aliphatic hydroxyl groups is 1. The molecule has 2 amide bonds. The summed E-state index contributed by atoms with van der Waals surface area (Å²) in [6.07, 6.45) is 4.34. The topological polar surface area (TPSA) is 79.3 Å². The Labute approximate surface area is 200 Å². The normalized spacial score (nSPS) is 19.7. The Balaban J connectivity index is 1.37. The van der Waals surface area contributed by atoms with Crippen molar-refractivity contribution in [1.82, 2.24) is 4.90 Å². The summed E-state index contributed by atoms with van der Waals surface area (Å²) in [6.45, 7) is 3.50. The van der Waals surface area contributed by atoms with Gasteiger partial charge in [0.15, 0.2) is 0 Å². The van der Waals surface area contributed by atoms with Gasteiger partial charge in [-0.15, -0.1) is 0 Å². The van der Waals surface area contributed by atoms with E-state index < -0.39 is 0 Å². The Morgan fingerprint density at radius 2 is 1.94 bits per heavy atom. The lowest BCUT2D eigenvalue weighted by atomic mass is 9.93. The lowest BCUT2D eigenvalue weighted by Crippen LogP contribution is -2.46. The number of anilines is 1. The minimum absolute atomic E-state index is 0.00724. The third kappa shape index (κ3) is 5.16. The summed E-state index contributed by atoms with van der Waals surface area (Å²) in [5.41, 5.74) is 4.14. The molecule has 0 aromatic heterocycles. The average molecular weight is 465 g/mol. The number of benzene rings is 2. The van der Waals surface area contributed by atoms with E-state index >= 15 is 0 Å². The molecule has 0 unspecified atom stereocenters. The van der Waals surface area contributed by atoms with Gasteiger partial charge in [0.25, 0.3) is 0 Å². The predicted molar refractivity (Wildman–Crippen MR) is 129 cm³/mol. The third-order valence-electron chi connectivity index (χ3n) is 6.64. The molecular weight excluding hydrogens is 432 g/mol. The third-order valence-corrected chi connectivity index (χ3v) is 6.64. The largest absolute Gasteiger partial charge is 0.447 e. The lowest BCUT2D eigenvalue weighted by molar-refractivity contribution is -0.134. The highest BCUT2D eigenvalue weighted by atomic mass is 16.6. The molecule has 1 saturated heterocycles. The molecule has 34 heavy (non-hydrogen) atoms. The Kier molecular flexibility index (Phi) is 7.65. The van der Waals surface area contributed by atoms with Crippen LogP contribution in [0.2, 0.25) is 0 Å². The van der Waals surface area contributed by atoms with Gasteiger partial charge in [-0.3, -0.25) is 9.69 Å². The van der Waals surface area contributed by atoms with Crippen LogP contribution in [0.4, 0.5) is 10.5 Å². The fraction of sp³-hybridized carbons (Fsp3) is 0.407. The van der Waals surface area contributed by atoms with Gasteiger partial charge in [-0.25, -0.2) is 4.79 Å². The van der Waals surface area contributed by atoms with Gasteiger partial charge in [-0.1, -0.05) is 55.5 Å². The van der Waals surface area contributed by atoms with E-state index in [4.69, 9.17) is 9.47 Å². The highest BCUT2D eigenvalue weighted by Crippen LogP contribution is 2.29. The zero-order chi connectivity index (χ0) is 24.1. The minimum Gasteiger partial charge on any atom is -0.447 e. The molecule has 4 rings (SSSR count). The lowest BCUT2D eigenvalue weighted by Gasteiger charge is -2.36. The van der Waals surface area contributed by atoms with E-state index in [1.807, 2.05) is 54.6 Å². The maximum atomic E-state index is 12.9. The number of nitrogens with zero attached hydrogens (tertiary/aromatic N) is 2. The molecule has 0 bridgehead atoms. The number of rotatable bonds is 8. The Bertz CT molecular complexity index is 1040. The molecular formula is C27H32N2O5. The van der Waals surface area contributed by atoms with Gasteiger partial charge in [-0.2, -0.15) is 0 Å². The van der Waals surface area contributed by atoms with Crippen LogP contribution in [0.3, 0.4) is 0 Å². The van der Waals surface area contributed by atoms with Crippen LogP contribution in [0, 0.1) is 5.92 Å². The van der Waals surface area contributed by atoms with Gasteiger partial charge < -0.3 is 19.5 Å². The van der Waals surface area contributed by atoms with E-state index in [2.05, 4.69) is 13.0 Å². The molecule has 2 aromatic carbocycles. The molecule has 0 radical (unpaired) electrons. The molecule has 2 aliphatic rings. The number of methoxy groups -OCH3 is 1. The van der Waals surface area contributed by atoms with Gasteiger partial charge >= 0.3 is 6.09 Å². The second kappa shape index (κ2) is 10.8. The number of amides is 2. The van der Waals surface area contributed by atoms with Crippen molar-refractivity contribution in [2.75, 3.05) is 31.8 Å². The molecule has 7 nitrogen and oxygen atoms in total. The Hall–Kier alpha value is -3.16. The SMILES string of the molecule is CO[C@@H](c1ccc(N2CCOC2=O)cc1)[C@@H](C)/C=C/CC(=O)N1Cc2ccccc2C[C@H]1CO. The number of aliphatic hydroxyl groups excluding tert-OH is 1. The molecule has 1 fully saturated rings. The molecule has 2 aliphatic heterocycles. The highest BCUT2D eigenvalue weighted by molar-refractivity contribution is 5.89. The zero-order valence-electron chi connectivity index (χ0n) is 19.7. The molecule has 0 saturated carbocycles. The van der Waals surface area contributed by atoms with E-state index in [1.165, 1.54) is 5.56 Å². The van der Waals surface area contributed by atoms with Gasteiger partial charge in [0.05, 0.1) is 25.3 Å². The first kappa shape index (κ1) is 24.0. The number of cyclic esters (lactones) is 1. The Morgan fingerprint density at radius 1 is 1.21 bits per heavy atom. The van der Waals surface area contributed by atoms with Crippen molar-refractivity contribution in [3.05, 3.63) is 77.4 Å². The van der Waals surface area contributed by atoms with Crippen LogP contribution in [0.25, 0.3) is 0 Å². The van der Waals surface area contributed by atoms with Crippen LogP contribution in [0.1, 0.15) is 36.1 Å². The molecule has 3 atom stereocenters. The summed E-state index contributed by atoms with van der Waals surface area (Å²) >= 11 is 0. The summed E-state index contributed by atoms with van der Waals surface area (Å²) in [5.74, 6) is 0.0453. The maximum absolute atomic E-state index is 12.9. The minimum atomic E-state index is -0.322. The van der Waals surface area contributed by atoms with Crippen LogP contribution in [0.5, 0.6) is 0 Å². The standard InChI is InChI=1S/C27H32N2O5/c1-19(26(33-2)20-10-12-23(13-11-20)28-14-15-34-27(28)32)6-5-9-25(31)29-17-22-8-4-3-7-21(22)16-24(29)18-30/h3-8,10-13,19,24,26,30H,9,14-18H2,1-2H3/b6-5+/t19-,24-,26+/m0/s1. The Morgan fingerprint density at radius 3 is 2.59 bits per heavy atom. The van der Waals surface area contributed by atoms with Gasteiger partial charge in [0, 0.05) is 31.7 Å². The number of ether oxygens (including phenoxy) is 2. The monoisotopic (exact) mass is 464 g/mol. The van der Waals surface area contributed by atoms with Crippen molar-refractivity contribution in [2.45, 2.75) is 38.5 Å². The molecule has 2 aromatic rings. The van der Waals surface area contributed by atoms with Crippen molar-refractivity contribution in [2.24, 2.45) is 5.92 Å². The first-order chi connectivity index (χ1) is 16.5. The van der Waals surface area contributed by atoms with E-state index in [1.54, 1.807) is 16.9 Å². The van der Waals surface area contributed by atoms with Crippen LogP contribution in [-0.4, -0.2) is 54.9 Å². The van der Waals surface area contributed by atoms with E-state index in [9.17, 15) is 14.7 Å². The molecule has 0 aliphatic carbocycles. The zero-order valence-corrected chi connectivity index (χ0v) is 19.7. The molecule has 180 valence electrons. The van der Waals surface area contributed by atoms with Crippen LogP contribution in [0.15, 0.2) is 60.7 Å². The summed E-state index contributed by atoms with van der Waals surface area (Å²) < 4.78 is 10.8. The number of hydrogen-bond donors (Lipinski definition) is 1. The first-order valence-corrected chi connectivity index (χ1v) is 11.7. The van der Waals surface area contributed by atoms with Crippen LogP contribution < -0.4 is 4.90 Å². The van der Waals surface area contributed by atoms with E-state index in [0.717, 1.165) is 16.8 Å². The molecule has 1 N–H and O–H groups in total. The number of carbonyl (C=O) groups is 2. The number of hydrogen-bond acceptors (Lipinski definition) is 5. The van der Waals surface area contributed by atoms with Gasteiger partial charge in [0.2, 0.25) is 5.91 Å². The highest BCUT2D eigenvalue weighted by Gasteiger charge is 2.28. The fourth-order valence-electron chi connectivity index (χ4n) is 4.77. The van der Waals surface area contributed by atoms with Crippen molar-refractivity contribution >= 4 is 17.7 Å².